The minimum Gasteiger partial charge on any atom is -0.490 e. The third kappa shape index (κ3) is 4.48. The zero-order valence-corrected chi connectivity index (χ0v) is 15.8. The van der Waals surface area contributed by atoms with Gasteiger partial charge in [-0.1, -0.05) is 0 Å². The predicted molar refractivity (Wildman–Crippen MR) is 103 cm³/mol. The molecule has 1 saturated carbocycles. The van der Waals surface area contributed by atoms with E-state index in [0.717, 1.165) is 29.9 Å². The first-order valence-corrected chi connectivity index (χ1v) is 9.53. The first kappa shape index (κ1) is 17.7. The van der Waals surface area contributed by atoms with Crippen molar-refractivity contribution in [1.29, 1.82) is 0 Å². The minimum absolute atomic E-state index is 0.212. The summed E-state index contributed by atoms with van der Waals surface area (Å²) in [6.07, 6.45) is 5.05. The highest BCUT2D eigenvalue weighted by Crippen LogP contribution is 2.24. The molecular formula is C20H24N2O2S. The smallest absolute Gasteiger partial charge is 0.271 e. The summed E-state index contributed by atoms with van der Waals surface area (Å²) in [6.45, 7) is 6.05. The molecule has 0 atom stereocenters. The lowest BCUT2D eigenvalue weighted by molar-refractivity contribution is 0.0955. The topological polar surface area (TPSA) is 50.7 Å². The van der Waals surface area contributed by atoms with E-state index in [0.29, 0.717) is 11.7 Å². The molecule has 1 N–H and O–H groups in total. The number of aryl methyl sites for hydroxylation is 2. The van der Waals surface area contributed by atoms with Crippen molar-refractivity contribution in [2.45, 2.75) is 52.6 Å². The van der Waals surface area contributed by atoms with Crippen LogP contribution < -0.4 is 10.2 Å². The largest absolute Gasteiger partial charge is 0.490 e. The van der Waals surface area contributed by atoms with Crippen LogP contribution in [0.4, 0.5) is 0 Å². The number of amides is 1. The van der Waals surface area contributed by atoms with Crippen LogP contribution in [0.3, 0.4) is 0 Å². The Morgan fingerprint density at radius 1 is 1.20 bits per heavy atom. The third-order valence-corrected chi connectivity index (χ3v) is 5.44. The number of hydrogen-bond donors (Lipinski definition) is 1. The maximum atomic E-state index is 12.3. The molecule has 1 heterocycles. The fourth-order valence-electron chi connectivity index (χ4n) is 3.13. The molecule has 2 aromatic rings. The van der Waals surface area contributed by atoms with Gasteiger partial charge in [-0.3, -0.25) is 4.79 Å². The molecule has 0 saturated heterocycles. The van der Waals surface area contributed by atoms with E-state index in [1.165, 1.54) is 22.6 Å². The number of hydrazone groups is 1. The maximum absolute atomic E-state index is 12.3. The zero-order valence-electron chi connectivity index (χ0n) is 15.0. The lowest BCUT2D eigenvalue weighted by atomic mass is 10.2. The summed E-state index contributed by atoms with van der Waals surface area (Å²) in [4.78, 5) is 14.7. The number of hydrogen-bond acceptors (Lipinski definition) is 4. The molecule has 1 fully saturated rings. The van der Waals surface area contributed by atoms with E-state index in [-0.39, 0.29) is 5.91 Å². The third-order valence-electron chi connectivity index (χ3n) is 4.48. The van der Waals surface area contributed by atoms with Gasteiger partial charge in [0.05, 0.1) is 11.8 Å². The molecule has 0 bridgehead atoms. The highest BCUT2D eigenvalue weighted by atomic mass is 32.1. The van der Waals surface area contributed by atoms with Crippen LogP contribution in [-0.4, -0.2) is 17.7 Å². The van der Waals surface area contributed by atoms with Crippen LogP contribution in [0.25, 0.3) is 0 Å². The van der Waals surface area contributed by atoms with Crippen molar-refractivity contribution in [3.63, 3.8) is 0 Å². The summed E-state index contributed by atoms with van der Waals surface area (Å²) < 4.78 is 5.92. The molecule has 4 nitrogen and oxygen atoms in total. The number of benzene rings is 1. The van der Waals surface area contributed by atoms with E-state index in [4.69, 9.17) is 4.74 Å². The van der Waals surface area contributed by atoms with Gasteiger partial charge in [-0.15, -0.1) is 11.3 Å². The molecule has 25 heavy (non-hydrogen) atoms. The van der Waals surface area contributed by atoms with Crippen LogP contribution in [0.15, 0.2) is 35.4 Å². The lowest BCUT2D eigenvalue weighted by Crippen LogP contribution is -2.19. The van der Waals surface area contributed by atoms with Gasteiger partial charge >= 0.3 is 0 Å². The number of thiophene rings is 1. The normalized spacial score (nSPS) is 15.4. The molecule has 0 radical (unpaired) electrons. The first-order valence-electron chi connectivity index (χ1n) is 8.71. The first-order chi connectivity index (χ1) is 12.0. The second-order valence-electron chi connectivity index (χ2n) is 6.51. The molecule has 0 aliphatic heterocycles. The molecular weight excluding hydrogens is 332 g/mol. The fourth-order valence-corrected chi connectivity index (χ4v) is 4.11. The lowest BCUT2D eigenvalue weighted by Gasteiger charge is -2.13. The molecule has 1 aromatic heterocycles. The summed E-state index contributed by atoms with van der Waals surface area (Å²) >= 11 is 1.74. The minimum atomic E-state index is -0.212. The van der Waals surface area contributed by atoms with Crippen molar-refractivity contribution in [1.82, 2.24) is 5.43 Å². The summed E-state index contributed by atoms with van der Waals surface area (Å²) in [7, 11) is 0. The van der Waals surface area contributed by atoms with Gasteiger partial charge in [0, 0.05) is 20.9 Å². The Kier molecular flexibility index (Phi) is 5.53. The Balaban J connectivity index is 1.60. The Labute approximate surface area is 152 Å². The summed E-state index contributed by atoms with van der Waals surface area (Å²) in [5, 5.41) is 4.24. The van der Waals surface area contributed by atoms with E-state index >= 15 is 0 Å². The van der Waals surface area contributed by atoms with Gasteiger partial charge in [0.1, 0.15) is 5.75 Å². The number of rotatable bonds is 5. The summed E-state index contributed by atoms with van der Waals surface area (Å²) in [6, 6.07) is 9.38. The van der Waals surface area contributed by atoms with Crippen LogP contribution in [0.2, 0.25) is 0 Å². The Morgan fingerprint density at radius 2 is 1.88 bits per heavy atom. The number of nitrogens with one attached hydrogen (secondary N) is 1. The zero-order chi connectivity index (χ0) is 17.8. The van der Waals surface area contributed by atoms with Crippen molar-refractivity contribution in [3.8, 4) is 5.75 Å². The quantitative estimate of drug-likeness (QED) is 0.615. The van der Waals surface area contributed by atoms with Gasteiger partial charge in [-0.25, -0.2) is 5.43 Å². The van der Waals surface area contributed by atoms with E-state index in [1.54, 1.807) is 23.5 Å². The predicted octanol–water partition coefficient (Wildman–Crippen LogP) is 4.84. The van der Waals surface area contributed by atoms with E-state index in [9.17, 15) is 4.79 Å². The number of carbonyl (C=O) groups excluding carboxylic acids is 1. The van der Waals surface area contributed by atoms with E-state index in [1.807, 2.05) is 19.1 Å². The van der Waals surface area contributed by atoms with Crippen molar-refractivity contribution in [2.75, 3.05) is 0 Å². The number of nitrogens with zero attached hydrogens (tertiary/aromatic N) is 1. The van der Waals surface area contributed by atoms with Crippen LogP contribution in [0.5, 0.6) is 5.75 Å². The highest BCUT2D eigenvalue weighted by molar-refractivity contribution is 7.12. The van der Waals surface area contributed by atoms with Crippen LogP contribution in [-0.2, 0) is 0 Å². The second kappa shape index (κ2) is 7.83. The van der Waals surface area contributed by atoms with Gasteiger partial charge in [0.25, 0.3) is 5.91 Å². The average molecular weight is 356 g/mol. The average Bonchev–Trinajstić information content (AvgIpc) is 3.22. The molecule has 1 amide bonds. The van der Waals surface area contributed by atoms with Gasteiger partial charge in [-0.2, -0.15) is 5.10 Å². The summed E-state index contributed by atoms with van der Waals surface area (Å²) in [5.41, 5.74) is 5.12. The van der Waals surface area contributed by atoms with Crippen LogP contribution in [0.1, 0.15) is 58.3 Å². The second-order valence-corrected chi connectivity index (χ2v) is 7.97. The SMILES string of the molecule is C/C(=N\NC(=O)c1ccc(OC2CCCC2)cc1)c1cc(C)sc1C. The molecule has 0 spiro atoms. The van der Waals surface area contributed by atoms with E-state index in [2.05, 4.69) is 30.4 Å². The highest BCUT2D eigenvalue weighted by Gasteiger charge is 2.16. The Hall–Kier alpha value is -2.14. The number of ether oxygens (including phenoxy) is 1. The monoisotopic (exact) mass is 356 g/mol. The van der Waals surface area contributed by atoms with Crippen LogP contribution in [0, 0.1) is 13.8 Å². The molecule has 3 rings (SSSR count). The van der Waals surface area contributed by atoms with Crippen molar-refractivity contribution in [3.05, 3.63) is 51.2 Å². The van der Waals surface area contributed by atoms with Crippen molar-refractivity contribution < 1.29 is 9.53 Å². The molecule has 1 aliphatic carbocycles. The molecule has 0 unspecified atom stereocenters. The van der Waals surface area contributed by atoms with Gasteiger partial charge in [0.2, 0.25) is 0 Å². The Bertz CT molecular complexity index is 771. The molecule has 1 aliphatic rings. The molecule has 132 valence electrons. The maximum Gasteiger partial charge on any atom is 0.271 e. The van der Waals surface area contributed by atoms with Gasteiger partial charge in [0.15, 0.2) is 0 Å². The van der Waals surface area contributed by atoms with Crippen LogP contribution >= 0.6 is 11.3 Å². The van der Waals surface area contributed by atoms with E-state index < -0.39 is 0 Å². The fraction of sp³-hybridized carbons (Fsp3) is 0.400. The standard InChI is InChI=1S/C20H24N2O2S/c1-13-12-19(15(3)25-13)14(2)21-22-20(23)16-8-10-18(11-9-16)24-17-6-4-5-7-17/h8-12,17H,4-7H2,1-3H3,(H,22,23)/b21-14+. The number of carbonyl (C=O) groups is 1. The van der Waals surface area contributed by atoms with Gasteiger partial charge < -0.3 is 4.74 Å². The summed E-state index contributed by atoms with van der Waals surface area (Å²) in [5.74, 6) is 0.615. The Morgan fingerprint density at radius 3 is 2.48 bits per heavy atom. The van der Waals surface area contributed by atoms with Crippen molar-refractivity contribution in [2.24, 2.45) is 5.10 Å². The molecule has 1 aromatic carbocycles. The van der Waals surface area contributed by atoms with Crippen molar-refractivity contribution >= 4 is 23.0 Å². The molecule has 5 heteroatoms. The van der Waals surface area contributed by atoms with Gasteiger partial charge in [-0.05, 0) is 76.8 Å².